The van der Waals surface area contributed by atoms with Crippen molar-refractivity contribution in [1.29, 1.82) is 0 Å². The lowest BCUT2D eigenvalue weighted by Gasteiger charge is -2.19. The molecule has 0 spiro atoms. The van der Waals surface area contributed by atoms with E-state index >= 15 is 0 Å². The molecule has 7 nitrogen and oxygen atoms in total. The van der Waals surface area contributed by atoms with Crippen molar-refractivity contribution in [2.75, 3.05) is 17.2 Å². The summed E-state index contributed by atoms with van der Waals surface area (Å²) in [5, 5.41) is 10.8. The van der Waals surface area contributed by atoms with Gasteiger partial charge < -0.3 is 10.6 Å². The van der Waals surface area contributed by atoms with Crippen LogP contribution in [0.1, 0.15) is 37.8 Å². The maximum atomic E-state index is 14.0. The fourth-order valence-corrected chi connectivity index (χ4v) is 3.70. The maximum absolute atomic E-state index is 14.0. The van der Waals surface area contributed by atoms with Gasteiger partial charge in [0.1, 0.15) is 23.1 Å². The fraction of sp³-hybridized carbons (Fsp3) is 0.364. The summed E-state index contributed by atoms with van der Waals surface area (Å²) in [6.45, 7) is 4.90. The molecule has 2 aliphatic rings. The quantitative estimate of drug-likeness (QED) is 0.654. The minimum atomic E-state index is -0.704. The fourth-order valence-electron chi connectivity index (χ4n) is 3.70. The van der Waals surface area contributed by atoms with Crippen LogP contribution >= 0.6 is 0 Å². The van der Waals surface area contributed by atoms with E-state index in [1.807, 2.05) is 13.8 Å². The van der Waals surface area contributed by atoms with Crippen LogP contribution in [0.15, 0.2) is 36.5 Å². The number of halogens is 1. The zero-order valence-corrected chi connectivity index (χ0v) is 16.9. The van der Waals surface area contributed by atoms with Crippen LogP contribution in [-0.4, -0.2) is 32.2 Å². The van der Waals surface area contributed by atoms with Gasteiger partial charge >= 0.3 is 0 Å². The molecule has 8 heteroatoms. The highest BCUT2D eigenvalue weighted by Crippen LogP contribution is 2.41. The van der Waals surface area contributed by atoms with E-state index in [-0.39, 0.29) is 11.7 Å². The molecular formula is C22H23FN6O. The molecule has 0 unspecified atom stereocenters. The average Bonchev–Trinajstić information content (AvgIpc) is 3.37. The number of hydrogen-bond donors (Lipinski definition) is 2. The van der Waals surface area contributed by atoms with E-state index < -0.39 is 5.41 Å². The van der Waals surface area contributed by atoms with Gasteiger partial charge in [-0.1, -0.05) is 18.2 Å². The van der Waals surface area contributed by atoms with Crippen LogP contribution in [0.25, 0.3) is 11.5 Å². The van der Waals surface area contributed by atoms with Gasteiger partial charge in [-0.3, -0.25) is 9.48 Å². The van der Waals surface area contributed by atoms with Crippen molar-refractivity contribution in [2.24, 2.45) is 5.92 Å². The van der Waals surface area contributed by atoms with Crippen molar-refractivity contribution in [1.82, 2.24) is 19.7 Å². The predicted molar refractivity (Wildman–Crippen MR) is 112 cm³/mol. The molecule has 2 N–H and O–H groups in total. The van der Waals surface area contributed by atoms with Gasteiger partial charge in [0.15, 0.2) is 5.82 Å². The number of rotatable bonds is 6. The first kappa shape index (κ1) is 18.7. The summed E-state index contributed by atoms with van der Waals surface area (Å²) in [4.78, 5) is 21.8. The summed E-state index contributed by atoms with van der Waals surface area (Å²) in [5.41, 5.74) is 1.22. The summed E-state index contributed by atoms with van der Waals surface area (Å²) in [6, 6.07) is 8.44. The van der Waals surface area contributed by atoms with Gasteiger partial charge in [-0.05, 0) is 44.7 Å². The van der Waals surface area contributed by atoms with E-state index in [9.17, 15) is 9.18 Å². The Morgan fingerprint density at radius 1 is 1.23 bits per heavy atom. The summed E-state index contributed by atoms with van der Waals surface area (Å²) in [6.07, 6.45) is 4.21. The minimum Gasteiger partial charge on any atom is -0.369 e. The van der Waals surface area contributed by atoms with E-state index in [0.717, 1.165) is 12.1 Å². The number of fused-ring (bicyclic) bond motifs is 1. The number of aromatic nitrogens is 4. The molecule has 1 aliphatic carbocycles. The zero-order valence-electron chi connectivity index (χ0n) is 16.9. The number of hydrogen-bond acceptors (Lipinski definition) is 5. The molecule has 3 aromatic rings. The van der Waals surface area contributed by atoms with Crippen LogP contribution in [0.3, 0.4) is 0 Å². The third kappa shape index (κ3) is 3.32. The second-order valence-corrected chi connectivity index (χ2v) is 8.51. The normalized spacial score (nSPS) is 17.0. The Balaban J connectivity index is 1.48. The third-order valence-electron chi connectivity index (χ3n) is 5.75. The number of nitrogens with one attached hydrogen (secondary N) is 2. The number of carbonyl (C=O) groups is 1. The molecule has 1 fully saturated rings. The standard InChI is InChI=1S/C22H23FN6O/c1-22(2)17-19(24-11-13-7-8-13)25-18(26-20(17)27-21(22)30)16-9-10-29(28-16)12-14-5-3-4-6-15(14)23/h3-6,9-10,13H,7-8,11-12H2,1-2H3,(H2,24,25,26,27,30). The minimum absolute atomic E-state index is 0.0940. The molecule has 5 rings (SSSR count). The van der Waals surface area contributed by atoms with Crippen LogP contribution in [0.5, 0.6) is 0 Å². The number of benzene rings is 1. The Labute approximate surface area is 173 Å². The van der Waals surface area contributed by atoms with Crippen molar-refractivity contribution in [3.8, 4) is 11.5 Å². The van der Waals surface area contributed by atoms with Gasteiger partial charge in [0.05, 0.1) is 17.5 Å². The Hall–Kier alpha value is -3.29. The molecule has 1 aromatic carbocycles. The molecule has 30 heavy (non-hydrogen) atoms. The molecule has 1 aliphatic heterocycles. The van der Waals surface area contributed by atoms with Crippen LogP contribution in [0.4, 0.5) is 16.0 Å². The smallest absolute Gasteiger partial charge is 0.235 e. The number of amides is 1. The average molecular weight is 406 g/mol. The molecule has 154 valence electrons. The van der Waals surface area contributed by atoms with Crippen molar-refractivity contribution in [2.45, 2.75) is 38.6 Å². The molecule has 3 heterocycles. The van der Waals surface area contributed by atoms with Crippen molar-refractivity contribution >= 4 is 17.5 Å². The summed E-state index contributed by atoms with van der Waals surface area (Å²) < 4.78 is 15.6. The Kier molecular flexibility index (Phi) is 4.30. The lowest BCUT2D eigenvalue weighted by Crippen LogP contribution is -2.28. The van der Waals surface area contributed by atoms with Crippen LogP contribution < -0.4 is 10.6 Å². The maximum Gasteiger partial charge on any atom is 0.235 e. The van der Waals surface area contributed by atoms with Crippen molar-refractivity contribution in [3.63, 3.8) is 0 Å². The number of nitrogens with zero attached hydrogens (tertiary/aromatic N) is 4. The second kappa shape index (κ2) is 6.90. The van der Waals surface area contributed by atoms with Gasteiger partial charge in [-0.25, -0.2) is 14.4 Å². The van der Waals surface area contributed by atoms with E-state index in [1.165, 1.54) is 18.9 Å². The third-order valence-corrected chi connectivity index (χ3v) is 5.75. The summed E-state index contributed by atoms with van der Waals surface area (Å²) >= 11 is 0. The van der Waals surface area contributed by atoms with Crippen LogP contribution in [0, 0.1) is 11.7 Å². The lowest BCUT2D eigenvalue weighted by atomic mass is 9.87. The van der Waals surface area contributed by atoms with Gasteiger partial charge in [0.2, 0.25) is 5.91 Å². The highest BCUT2D eigenvalue weighted by molar-refractivity contribution is 6.06. The lowest BCUT2D eigenvalue weighted by molar-refractivity contribution is -0.119. The SMILES string of the molecule is CC1(C)C(=O)Nc2nc(-c3ccn(Cc4ccccc4F)n3)nc(NCC3CC3)c21. The van der Waals surface area contributed by atoms with Gasteiger partial charge in [-0.15, -0.1) is 0 Å². The van der Waals surface area contributed by atoms with E-state index in [0.29, 0.717) is 41.2 Å². The molecule has 0 bridgehead atoms. The first-order chi connectivity index (χ1) is 14.4. The highest BCUT2D eigenvalue weighted by Gasteiger charge is 2.43. The van der Waals surface area contributed by atoms with E-state index in [2.05, 4.69) is 20.7 Å². The van der Waals surface area contributed by atoms with Gasteiger partial charge in [-0.2, -0.15) is 5.10 Å². The predicted octanol–water partition coefficient (Wildman–Crippen LogP) is 3.58. The Morgan fingerprint density at radius 2 is 2.03 bits per heavy atom. The molecule has 2 aromatic heterocycles. The molecule has 0 atom stereocenters. The first-order valence-corrected chi connectivity index (χ1v) is 10.2. The van der Waals surface area contributed by atoms with E-state index in [1.54, 1.807) is 35.1 Å². The summed E-state index contributed by atoms with van der Waals surface area (Å²) in [7, 11) is 0. The highest BCUT2D eigenvalue weighted by atomic mass is 19.1. The second-order valence-electron chi connectivity index (χ2n) is 8.51. The zero-order chi connectivity index (χ0) is 20.9. The molecular weight excluding hydrogens is 383 g/mol. The van der Waals surface area contributed by atoms with Crippen LogP contribution in [-0.2, 0) is 16.8 Å². The van der Waals surface area contributed by atoms with Gasteiger partial charge in [0, 0.05) is 18.3 Å². The molecule has 0 radical (unpaired) electrons. The molecule has 1 amide bonds. The van der Waals surface area contributed by atoms with Crippen LogP contribution in [0.2, 0.25) is 0 Å². The molecule has 0 saturated heterocycles. The number of carbonyl (C=O) groups excluding carboxylic acids is 1. The Morgan fingerprint density at radius 3 is 2.80 bits per heavy atom. The van der Waals surface area contributed by atoms with Gasteiger partial charge in [0.25, 0.3) is 0 Å². The van der Waals surface area contributed by atoms with E-state index in [4.69, 9.17) is 4.98 Å². The largest absolute Gasteiger partial charge is 0.369 e. The summed E-state index contributed by atoms with van der Waals surface area (Å²) in [5.74, 6) is 1.93. The molecule has 1 saturated carbocycles. The first-order valence-electron chi connectivity index (χ1n) is 10.2. The Bertz CT molecular complexity index is 1130. The topological polar surface area (TPSA) is 84.7 Å². The van der Waals surface area contributed by atoms with Crippen molar-refractivity contribution < 1.29 is 9.18 Å². The number of anilines is 2. The van der Waals surface area contributed by atoms with Crippen molar-refractivity contribution in [3.05, 3.63) is 53.5 Å². The monoisotopic (exact) mass is 406 g/mol.